The molecule has 1 heterocycles. The molecule has 66 valence electrons. The Morgan fingerprint density at radius 3 is 2.67 bits per heavy atom. The number of aromatic amines is 1. The topological polar surface area (TPSA) is 58.9 Å². The number of nitrogens with one attached hydrogen (secondary N) is 1. The van der Waals surface area contributed by atoms with Crippen molar-refractivity contribution in [2.24, 2.45) is 0 Å². The Morgan fingerprint density at radius 1 is 1.58 bits per heavy atom. The van der Waals surface area contributed by atoms with Crippen LogP contribution in [-0.4, -0.2) is 4.98 Å². The minimum absolute atomic E-state index is 0.125. The second kappa shape index (κ2) is 3.10. The molecule has 0 bridgehead atoms. The van der Waals surface area contributed by atoms with Crippen molar-refractivity contribution >= 4 is 17.4 Å². The Labute approximate surface area is 71.2 Å². The van der Waals surface area contributed by atoms with E-state index in [1.54, 1.807) is 0 Å². The number of aromatic nitrogens is 1. The first-order valence-electron chi connectivity index (χ1n) is 2.98. The first-order valence-corrected chi connectivity index (χ1v) is 3.36. The van der Waals surface area contributed by atoms with Crippen molar-refractivity contribution in [3.05, 3.63) is 27.0 Å². The number of hydrogen-bond donors (Lipinski definition) is 2. The summed E-state index contributed by atoms with van der Waals surface area (Å²) in [7, 11) is 0. The fraction of sp³-hybridized carbons (Fsp3) is 0.167. The van der Waals surface area contributed by atoms with Crippen LogP contribution in [0.2, 0.25) is 5.02 Å². The number of nitrogens with two attached hydrogens (primary N) is 1. The standard InChI is InChI=1S/C6H5ClF2N2O/c7-4-2(5(8)9)1-3(10)11-6(4)12/h1,5H,(H3,10,11,12). The van der Waals surface area contributed by atoms with Gasteiger partial charge in [0.2, 0.25) is 0 Å². The van der Waals surface area contributed by atoms with Gasteiger partial charge in [-0.1, -0.05) is 11.6 Å². The molecule has 3 N–H and O–H groups in total. The largest absolute Gasteiger partial charge is 0.385 e. The lowest BCUT2D eigenvalue weighted by Gasteiger charge is -2.02. The van der Waals surface area contributed by atoms with E-state index in [9.17, 15) is 13.6 Å². The highest BCUT2D eigenvalue weighted by molar-refractivity contribution is 6.31. The maximum Gasteiger partial charge on any atom is 0.268 e. The summed E-state index contributed by atoms with van der Waals surface area (Å²) in [5, 5.41) is -0.515. The van der Waals surface area contributed by atoms with Gasteiger partial charge in [0, 0.05) is 5.56 Å². The SMILES string of the molecule is Nc1cc(C(F)F)c(Cl)c(=O)[nH]1. The van der Waals surface area contributed by atoms with Gasteiger partial charge in [-0.15, -0.1) is 0 Å². The molecule has 12 heavy (non-hydrogen) atoms. The molecule has 1 aromatic rings. The summed E-state index contributed by atoms with van der Waals surface area (Å²) in [4.78, 5) is 12.9. The molecular formula is C6H5ClF2N2O. The lowest BCUT2D eigenvalue weighted by atomic mass is 10.2. The summed E-state index contributed by atoms with van der Waals surface area (Å²) < 4.78 is 24.2. The van der Waals surface area contributed by atoms with Crippen LogP contribution in [0.5, 0.6) is 0 Å². The predicted molar refractivity (Wildman–Crippen MR) is 41.4 cm³/mol. The summed E-state index contributed by atoms with van der Waals surface area (Å²) in [6.45, 7) is 0. The average Bonchev–Trinajstić information content (AvgIpc) is 1.96. The van der Waals surface area contributed by atoms with Crippen molar-refractivity contribution < 1.29 is 8.78 Å². The quantitative estimate of drug-likeness (QED) is 0.713. The number of alkyl halides is 2. The van der Waals surface area contributed by atoms with Crippen molar-refractivity contribution in [3.8, 4) is 0 Å². The van der Waals surface area contributed by atoms with E-state index in [1.165, 1.54) is 0 Å². The third kappa shape index (κ3) is 1.55. The zero-order valence-corrected chi connectivity index (χ0v) is 6.53. The van der Waals surface area contributed by atoms with Crippen LogP contribution in [0.1, 0.15) is 12.0 Å². The molecule has 0 aliphatic carbocycles. The minimum atomic E-state index is -2.79. The second-order valence-corrected chi connectivity index (χ2v) is 2.50. The van der Waals surface area contributed by atoms with E-state index >= 15 is 0 Å². The van der Waals surface area contributed by atoms with Crippen molar-refractivity contribution in [2.45, 2.75) is 6.43 Å². The van der Waals surface area contributed by atoms with Crippen LogP contribution in [0.3, 0.4) is 0 Å². The number of pyridine rings is 1. The van der Waals surface area contributed by atoms with Gasteiger partial charge < -0.3 is 10.7 Å². The van der Waals surface area contributed by atoms with Gasteiger partial charge in [0.1, 0.15) is 10.8 Å². The maximum atomic E-state index is 12.1. The lowest BCUT2D eigenvalue weighted by Crippen LogP contribution is -2.11. The molecule has 0 spiro atoms. The van der Waals surface area contributed by atoms with Crippen LogP contribution in [0.15, 0.2) is 10.9 Å². The zero-order chi connectivity index (χ0) is 9.30. The molecule has 0 fully saturated rings. The highest BCUT2D eigenvalue weighted by Crippen LogP contribution is 2.24. The smallest absolute Gasteiger partial charge is 0.268 e. The fourth-order valence-corrected chi connectivity index (χ4v) is 0.927. The molecule has 0 saturated carbocycles. The monoisotopic (exact) mass is 194 g/mol. The second-order valence-electron chi connectivity index (χ2n) is 2.12. The molecule has 0 aromatic carbocycles. The third-order valence-corrected chi connectivity index (χ3v) is 1.65. The van der Waals surface area contributed by atoms with Crippen LogP contribution >= 0.6 is 11.6 Å². The molecule has 0 aliphatic heterocycles. The van der Waals surface area contributed by atoms with Gasteiger partial charge in [-0.2, -0.15) is 0 Å². The molecule has 3 nitrogen and oxygen atoms in total. The van der Waals surface area contributed by atoms with E-state index in [-0.39, 0.29) is 5.82 Å². The number of halogens is 3. The van der Waals surface area contributed by atoms with Crippen molar-refractivity contribution in [1.82, 2.24) is 4.98 Å². The average molecular weight is 195 g/mol. The number of hydrogen-bond acceptors (Lipinski definition) is 2. The van der Waals surface area contributed by atoms with Crippen molar-refractivity contribution in [1.29, 1.82) is 0 Å². The molecule has 0 unspecified atom stereocenters. The zero-order valence-electron chi connectivity index (χ0n) is 5.77. The number of rotatable bonds is 1. The summed E-state index contributed by atoms with van der Waals surface area (Å²) in [6, 6.07) is 0.939. The van der Waals surface area contributed by atoms with Gasteiger partial charge in [0.15, 0.2) is 0 Å². The predicted octanol–water partition coefficient (Wildman–Crippen LogP) is 1.55. The number of H-pyrrole nitrogens is 1. The fourth-order valence-electron chi connectivity index (χ4n) is 0.743. The molecule has 1 aromatic heterocycles. The van der Waals surface area contributed by atoms with Crippen LogP contribution in [0.4, 0.5) is 14.6 Å². The Kier molecular flexibility index (Phi) is 2.32. The summed E-state index contributed by atoms with van der Waals surface area (Å²) >= 11 is 5.28. The molecule has 1 rings (SSSR count). The number of anilines is 1. The molecule has 0 saturated heterocycles. The van der Waals surface area contributed by atoms with E-state index in [0.29, 0.717) is 0 Å². The van der Waals surface area contributed by atoms with Crippen molar-refractivity contribution in [3.63, 3.8) is 0 Å². The molecule has 0 atom stereocenters. The first-order chi connectivity index (χ1) is 5.52. The Morgan fingerprint density at radius 2 is 2.17 bits per heavy atom. The molecular weight excluding hydrogens is 190 g/mol. The lowest BCUT2D eigenvalue weighted by molar-refractivity contribution is 0.151. The van der Waals surface area contributed by atoms with Gasteiger partial charge in [-0.3, -0.25) is 4.79 Å². The highest BCUT2D eigenvalue weighted by Gasteiger charge is 2.14. The van der Waals surface area contributed by atoms with E-state index in [0.717, 1.165) is 6.07 Å². The Balaban J connectivity index is 3.38. The molecule has 0 amide bonds. The number of nitrogen functional groups attached to an aromatic ring is 1. The normalized spacial score (nSPS) is 10.7. The van der Waals surface area contributed by atoms with Crippen LogP contribution in [0, 0.1) is 0 Å². The highest BCUT2D eigenvalue weighted by atomic mass is 35.5. The first kappa shape index (κ1) is 8.99. The van der Waals surface area contributed by atoms with Crippen LogP contribution < -0.4 is 11.3 Å². The van der Waals surface area contributed by atoms with Gasteiger partial charge in [-0.05, 0) is 6.07 Å². The van der Waals surface area contributed by atoms with E-state index < -0.39 is 22.6 Å². The minimum Gasteiger partial charge on any atom is -0.385 e. The summed E-state index contributed by atoms with van der Waals surface area (Å²) in [5.74, 6) is -0.125. The molecule has 0 aliphatic rings. The van der Waals surface area contributed by atoms with E-state index in [1.807, 2.05) is 0 Å². The van der Waals surface area contributed by atoms with Gasteiger partial charge in [0.05, 0.1) is 0 Å². The van der Waals surface area contributed by atoms with Gasteiger partial charge in [0.25, 0.3) is 12.0 Å². The van der Waals surface area contributed by atoms with Crippen LogP contribution in [-0.2, 0) is 0 Å². The maximum absolute atomic E-state index is 12.1. The summed E-state index contributed by atoms with van der Waals surface area (Å²) in [6.07, 6.45) is -2.79. The van der Waals surface area contributed by atoms with Crippen LogP contribution in [0.25, 0.3) is 0 Å². The Hall–Kier alpha value is -1.10. The van der Waals surface area contributed by atoms with Crippen molar-refractivity contribution in [2.75, 3.05) is 5.73 Å². The van der Waals surface area contributed by atoms with E-state index in [2.05, 4.69) is 4.98 Å². The van der Waals surface area contributed by atoms with E-state index in [4.69, 9.17) is 17.3 Å². The molecule has 6 heteroatoms. The van der Waals surface area contributed by atoms with Gasteiger partial charge >= 0.3 is 0 Å². The molecule has 0 radical (unpaired) electrons. The third-order valence-electron chi connectivity index (χ3n) is 1.26. The summed E-state index contributed by atoms with van der Waals surface area (Å²) in [5.41, 5.74) is 3.78. The Bertz CT molecular complexity index is 350. The van der Waals surface area contributed by atoms with Gasteiger partial charge in [-0.25, -0.2) is 8.78 Å².